The van der Waals surface area contributed by atoms with Crippen molar-refractivity contribution in [3.05, 3.63) is 23.8 Å². The molecule has 0 spiro atoms. The molecule has 1 rings (SSSR count). The van der Waals surface area contributed by atoms with E-state index in [1.54, 1.807) is 18.2 Å². The number of benzene rings is 1. The number of amides is 1. The summed E-state index contributed by atoms with van der Waals surface area (Å²) in [7, 11) is 0. The predicted octanol–water partition coefficient (Wildman–Crippen LogP) is 0.835. The van der Waals surface area contributed by atoms with Crippen molar-refractivity contribution < 1.29 is 4.79 Å². The van der Waals surface area contributed by atoms with Gasteiger partial charge in [-0.1, -0.05) is 6.07 Å². The quantitative estimate of drug-likeness (QED) is 0.350. The number of hydrogen-bond donors (Lipinski definition) is 3. The number of anilines is 2. The molecule has 4 heteroatoms. The molecule has 0 heterocycles. The summed E-state index contributed by atoms with van der Waals surface area (Å²) in [5.41, 5.74) is 7.13. The van der Waals surface area contributed by atoms with E-state index in [-0.39, 0.29) is 0 Å². The van der Waals surface area contributed by atoms with Gasteiger partial charge in [-0.25, -0.2) is 0 Å². The van der Waals surface area contributed by atoms with Crippen molar-refractivity contribution in [3.8, 4) is 0 Å². The molecule has 0 radical (unpaired) electrons. The minimum absolute atomic E-state index is 0.483. The normalized spacial score (nSPS) is 9.00. The molecule has 0 aliphatic carbocycles. The van der Waals surface area contributed by atoms with Crippen LogP contribution in [0.4, 0.5) is 11.4 Å². The first-order valence-corrected chi connectivity index (χ1v) is 3.38. The molecule has 0 aliphatic rings. The minimum Gasteiger partial charge on any atom is -0.398 e. The zero-order valence-electron chi connectivity index (χ0n) is 6.37. The molecule has 0 aromatic heterocycles. The van der Waals surface area contributed by atoms with Gasteiger partial charge in [-0.2, -0.15) is 0 Å². The Morgan fingerprint density at radius 2 is 2.25 bits per heavy atom. The van der Waals surface area contributed by atoms with Gasteiger partial charge in [0.2, 0.25) is 6.41 Å². The SMILES string of the molecule is N=Cc1c(N)cccc1NC=O. The molecule has 0 saturated carbocycles. The van der Waals surface area contributed by atoms with E-state index < -0.39 is 0 Å². The van der Waals surface area contributed by atoms with Crippen molar-refractivity contribution in [3.63, 3.8) is 0 Å². The minimum atomic E-state index is 0.483. The Balaban J connectivity index is 3.17. The van der Waals surface area contributed by atoms with Crippen LogP contribution in [0.3, 0.4) is 0 Å². The van der Waals surface area contributed by atoms with Crippen LogP contribution in [0.25, 0.3) is 0 Å². The Bertz CT molecular complexity index is 309. The van der Waals surface area contributed by atoms with Crippen LogP contribution < -0.4 is 11.1 Å². The second-order valence-electron chi connectivity index (χ2n) is 2.22. The van der Waals surface area contributed by atoms with Gasteiger partial charge in [0, 0.05) is 17.5 Å². The molecule has 62 valence electrons. The maximum absolute atomic E-state index is 10.1. The highest BCUT2D eigenvalue weighted by Crippen LogP contribution is 2.18. The molecule has 12 heavy (non-hydrogen) atoms. The van der Waals surface area contributed by atoms with Crippen LogP contribution in [0.1, 0.15) is 5.56 Å². The number of nitrogens with two attached hydrogens (primary N) is 1. The van der Waals surface area contributed by atoms with Crippen LogP contribution in [-0.2, 0) is 4.79 Å². The molecule has 1 aromatic carbocycles. The standard InChI is InChI=1S/C8H9N3O/c9-4-6-7(10)2-1-3-8(6)11-5-12/h1-5,9H,10H2,(H,11,12). The van der Waals surface area contributed by atoms with Crippen LogP contribution in [0.15, 0.2) is 18.2 Å². The molecular formula is C8H9N3O. The molecule has 0 atom stereocenters. The topological polar surface area (TPSA) is 79.0 Å². The molecule has 4 N–H and O–H groups in total. The van der Waals surface area contributed by atoms with Gasteiger partial charge >= 0.3 is 0 Å². The van der Waals surface area contributed by atoms with Gasteiger partial charge in [0.05, 0.1) is 5.69 Å². The fraction of sp³-hybridized carbons (Fsp3) is 0. The molecule has 0 bridgehead atoms. The molecule has 0 unspecified atom stereocenters. The van der Waals surface area contributed by atoms with Crippen molar-refractivity contribution in [1.82, 2.24) is 0 Å². The molecular weight excluding hydrogens is 154 g/mol. The van der Waals surface area contributed by atoms with E-state index in [1.165, 1.54) is 0 Å². The van der Waals surface area contributed by atoms with E-state index in [0.717, 1.165) is 6.21 Å². The van der Waals surface area contributed by atoms with E-state index in [9.17, 15) is 4.79 Å². The van der Waals surface area contributed by atoms with E-state index in [0.29, 0.717) is 23.3 Å². The third-order valence-electron chi connectivity index (χ3n) is 1.50. The van der Waals surface area contributed by atoms with Crippen LogP contribution in [0, 0.1) is 5.41 Å². The van der Waals surface area contributed by atoms with Crippen molar-refractivity contribution >= 4 is 24.0 Å². The number of hydrogen-bond acceptors (Lipinski definition) is 3. The molecule has 4 nitrogen and oxygen atoms in total. The van der Waals surface area contributed by atoms with Crippen LogP contribution in [-0.4, -0.2) is 12.6 Å². The summed E-state index contributed by atoms with van der Waals surface area (Å²) in [5.74, 6) is 0. The van der Waals surface area contributed by atoms with Gasteiger partial charge in [-0.15, -0.1) is 0 Å². The van der Waals surface area contributed by atoms with Crippen LogP contribution in [0.2, 0.25) is 0 Å². The monoisotopic (exact) mass is 163 g/mol. The fourth-order valence-electron chi connectivity index (χ4n) is 0.933. The van der Waals surface area contributed by atoms with Gasteiger partial charge in [-0.3, -0.25) is 4.79 Å². The van der Waals surface area contributed by atoms with Crippen LogP contribution in [0.5, 0.6) is 0 Å². The molecule has 1 amide bonds. The summed E-state index contributed by atoms with van der Waals surface area (Å²) in [4.78, 5) is 10.1. The van der Waals surface area contributed by atoms with E-state index >= 15 is 0 Å². The maximum Gasteiger partial charge on any atom is 0.211 e. The second kappa shape index (κ2) is 3.52. The Hall–Kier alpha value is -1.84. The number of nitrogens with one attached hydrogen (secondary N) is 2. The highest BCUT2D eigenvalue weighted by molar-refractivity contribution is 5.95. The zero-order chi connectivity index (χ0) is 8.97. The molecule has 0 fully saturated rings. The first-order valence-electron chi connectivity index (χ1n) is 3.38. The average molecular weight is 163 g/mol. The summed E-state index contributed by atoms with van der Waals surface area (Å²) in [5, 5.41) is 9.50. The van der Waals surface area contributed by atoms with Crippen molar-refractivity contribution in [2.24, 2.45) is 0 Å². The van der Waals surface area contributed by atoms with Crippen molar-refractivity contribution in [2.45, 2.75) is 0 Å². The number of rotatable bonds is 3. The molecule has 0 saturated heterocycles. The Morgan fingerprint density at radius 3 is 2.83 bits per heavy atom. The summed E-state index contributed by atoms with van der Waals surface area (Å²) in [6, 6.07) is 5.08. The highest BCUT2D eigenvalue weighted by Gasteiger charge is 2.00. The van der Waals surface area contributed by atoms with Crippen molar-refractivity contribution in [2.75, 3.05) is 11.1 Å². The number of carbonyl (C=O) groups is 1. The highest BCUT2D eigenvalue weighted by atomic mass is 16.1. The third kappa shape index (κ3) is 1.42. The largest absolute Gasteiger partial charge is 0.398 e. The fourth-order valence-corrected chi connectivity index (χ4v) is 0.933. The number of carbonyl (C=O) groups excluding carboxylic acids is 1. The van der Waals surface area contributed by atoms with Gasteiger partial charge in [0.25, 0.3) is 0 Å². The Labute approximate surface area is 69.9 Å². The average Bonchev–Trinajstić information content (AvgIpc) is 2.05. The lowest BCUT2D eigenvalue weighted by Crippen LogP contribution is -2.01. The first kappa shape index (κ1) is 8.26. The zero-order valence-corrected chi connectivity index (χ0v) is 6.37. The lowest BCUT2D eigenvalue weighted by atomic mass is 10.1. The smallest absolute Gasteiger partial charge is 0.211 e. The summed E-state index contributed by atoms with van der Waals surface area (Å²) >= 11 is 0. The van der Waals surface area contributed by atoms with E-state index in [2.05, 4.69) is 5.32 Å². The second-order valence-corrected chi connectivity index (χ2v) is 2.22. The van der Waals surface area contributed by atoms with Gasteiger partial charge in [-0.05, 0) is 12.1 Å². The first-order chi connectivity index (χ1) is 5.79. The van der Waals surface area contributed by atoms with E-state index in [1.807, 2.05) is 0 Å². The maximum atomic E-state index is 10.1. The number of nitrogen functional groups attached to an aromatic ring is 1. The summed E-state index contributed by atoms with van der Waals surface area (Å²) in [6.45, 7) is 0. The summed E-state index contributed by atoms with van der Waals surface area (Å²) in [6.07, 6.45) is 1.67. The summed E-state index contributed by atoms with van der Waals surface area (Å²) < 4.78 is 0. The Morgan fingerprint density at radius 1 is 1.50 bits per heavy atom. The third-order valence-corrected chi connectivity index (χ3v) is 1.50. The lowest BCUT2D eigenvalue weighted by molar-refractivity contribution is -0.105. The van der Waals surface area contributed by atoms with E-state index in [4.69, 9.17) is 11.1 Å². The van der Waals surface area contributed by atoms with Gasteiger partial charge < -0.3 is 16.5 Å². The molecule has 1 aromatic rings. The molecule has 0 aliphatic heterocycles. The lowest BCUT2D eigenvalue weighted by Gasteiger charge is -2.05. The Kier molecular flexibility index (Phi) is 2.42. The predicted molar refractivity (Wildman–Crippen MR) is 48.4 cm³/mol. The van der Waals surface area contributed by atoms with Gasteiger partial charge in [0.15, 0.2) is 0 Å². The van der Waals surface area contributed by atoms with Crippen molar-refractivity contribution in [1.29, 1.82) is 5.41 Å². The van der Waals surface area contributed by atoms with Gasteiger partial charge in [0.1, 0.15) is 0 Å². The van der Waals surface area contributed by atoms with Crippen LogP contribution >= 0.6 is 0 Å².